The Hall–Kier alpha value is -1.42. The number of carbonyl (C=O) groups is 1. The zero-order chi connectivity index (χ0) is 8.27. The SMILES string of the molecule is NCc1ccc(C(N)=O)nc1. The average Bonchev–Trinajstić information content (AvgIpc) is 2.05. The molecule has 0 aliphatic rings. The number of nitrogens with two attached hydrogens (primary N) is 2. The van der Waals surface area contributed by atoms with Gasteiger partial charge in [0.25, 0.3) is 5.91 Å². The van der Waals surface area contributed by atoms with Gasteiger partial charge in [-0.2, -0.15) is 0 Å². The Morgan fingerprint density at radius 3 is 2.64 bits per heavy atom. The van der Waals surface area contributed by atoms with Crippen LogP contribution in [0.4, 0.5) is 0 Å². The summed E-state index contributed by atoms with van der Waals surface area (Å²) in [5, 5.41) is 0. The Kier molecular flexibility index (Phi) is 2.18. The lowest BCUT2D eigenvalue weighted by atomic mass is 10.2. The maximum absolute atomic E-state index is 10.5. The first-order chi connectivity index (χ1) is 5.24. The van der Waals surface area contributed by atoms with Crippen molar-refractivity contribution in [2.75, 3.05) is 0 Å². The van der Waals surface area contributed by atoms with Gasteiger partial charge >= 0.3 is 0 Å². The Labute approximate surface area is 64.2 Å². The number of hydrogen-bond acceptors (Lipinski definition) is 3. The number of hydrogen-bond donors (Lipinski definition) is 2. The quantitative estimate of drug-likeness (QED) is 0.605. The summed E-state index contributed by atoms with van der Waals surface area (Å²) in [4.78, 5) is 14.3. The minimum atomic E-state index is -0.520. The number of pyridine rings is 1. The highest BCUT2D eigenvalue weighted by Gasteiger charge is 1.99. The van der Waals surface area contributed by atoms with E-state index in [9.17, 15) is 4.79 Å². The lowest BCUT2D eigenvalue weighted by Crippen LogP contribution is -2.13. The zero-order valence-electron chi connectivity index (χ0n) is 5.95. The molecule has 4 heteroatoms. The minimum absolute atomic E-state index is 0.266. The van der Waals surface area contributed by atoms with Crippen molar-refractivity contribution in [3.8, 4) is 0 Å². The van der Waals surface area contributed by atoms with Gasteiger partial charge in [-0.1, -0.05) is 6.07 Å². The maximum Gasteiger partial charge on any atom is 0.267 e. The number of carbonyl (C=O) groups excluding carboxylic acids is 1. The molecular formula is C7H9N3O. The van der Waals surface area contributed by atoms with Gasteiger partial charge in [0.15, 0.2) is 0 Å². The standard InChI is InChI=1S/C7H9N3O/c8-3-5-1-2-6(7(9)11)10-4-5/h1-2,4H,3,8H2,(H2,9,11). The third-order valence-electron chi connectivity index (χ3n) is 1.31. The molecule has 4 nitrogen and oxygen atoms in total. The van der Waals surface area contributed by atoms with Crippen LogP contribution >= 0.6 is 0 Å². The van der Waals surface area contributed by atoms with E-state index < -0.39 is 5.91 Å². The number of amides is 1. The number of primary amides is 1. The van der Waals surface area contributed by atoms with E-state index in [0.29, 0.717) is 6.54 Å². The molecule has 1 heterocycles. The molecule has 0 aromatic carbocycles. The van der Waals surface area contributed by atoms with E-state index >= 15 is 0 Å². The largest absolute Gasteiger partial charge is 0.364 e. The van der Waals surface area contributed by atoms with Crippen molar-refractivity contribution in [2.45, 2.75) is 6.54 Å². The van der Waals surface area contributed by atoms with Gasteiger partial charge in [0.2, 0.25) is 0 Å². The molecule has 0 radical (unpaired) electrons. The van der Waals surface area contributed by atoms with Crippen LogP contribution < -0.4 is 11.5 Å². The van der Waals surface area contributed by atoms with Gasteiger partial charge in [-0.05, 0) is 11.6 Å². The molecule has 1 rings (SSSR count). The summed E-state index contributed by atoms with van der Waals surface area (Å²) >= 11 is 0. The Morgan fingerprint density at radius 1 is 1.55 bits per heavy atom. The van der Waals surface area contributed by atoms with E-state index in [1.165, 1.54) is 0 Å². The first-order valence-corrected chi connectivity index (χ1v) is 3.19. The van der Waals surface area contributed by atoms with E-state index in [2.05, 4.69) is 4.98 Å². The molecule has 0 saturated carbocycles. The highest BCUT2D eigenvalue weighted by Crippen LogP contribution is 1.97. The van der Waals surface area contributed by atoms with Crippen molar-refractivity contribution in [2.24, 2.45) is 11.5 Å². The van der Waals surface area contributed by atoms with E-state index in [0.717, 1.165) is 5.56 Å². The van der Waals surface area contributed by atoms with Gasteiger partial charge in [-0.3, -0.25) is 9.78 Å². The molecular weight excluding hydrogens is 142 g/mol. The van der Waals surface area contributed by atoms with E-state index in [-0.39, 0.29) is 5.69 Å². The van der Waals surface area contributed by atoms with Crippen LogP contribution in [0.15, 0.2) is 18.3 Å². The second-order valence-electron chi connectivity index (χ2n) is 2.12. The summed E-state index contributed by atoms with van der Waals surface area (Å²) in [6.07, 6.45) is 1.54. The molecule has 0 fully saturated rings. The molecule has 58 valence electrons. The summed E-state index contributed by atoms with van der Waals surface area (Å²) in [5.41, 5.74) is 11.4. The smallest absolute Gasteiger partial charge is 0.267 e. The van der Waals surface area contributed by atoms with Crippen molar-refractivity contribution in [1.82, 2.24) is 4.98 Å². The third-order valence-corrected chi connectivity index (χ3v) is 1.31. The topological polar surface area (TPSA) is 82.0 Å². The predicted octanol–water partition coefficient (Wildman–Crippen LogP) is -0.361. The van der Waals surface area contributed by atoms with E-state index in [1.54, 1.807) is 18.3 Å². The molecule has 1 aromatic rings. The van der Waals surface area contributed by atoms with Crippen molar-refractivity contribution in [1.29, 1.82) is 0 Å². The number of rotatable bonds is 2. The number of nitrogens with zero attached hydrogens (tertiary/aromatic N) is 1. The van der Waals surface area contributed by atoms with E-state index in [4.69, 9.17) is 11.5 Å². The van der Waals surface area contributed by atoms with E-state index in [1.807, 2.05) is 0 Å². The molecule has 1 amide bonds. The maximum atomic E-state index is 10.5. The minimum Gasteiger partial charge on any atom is -0.364 e. The van der Waals surface area contributed by atoms with Crippen LogP contribution in [0.5, 0.6) is 0 Å². The summed E-state index contributed by atoms with van der Waals surface area (Å²) in [6.45, 7) is 0.423. The Balaban J connectivity index is 2.91. The summed E-state index contributed by atoms with van der Waals surface area (Å²) in [6, 6.07) is 3.29. The fourth-order valence-electron chi connectivity index (χ4n) is 0.691. The Bertz CT molecular complexity index is 255. The van der Waals surface area contributed by atoms with Crippen LogP contribution in [0, 0.1) is 0 Å². The van der Waals surface area contributed by atoms with Gasteiger partial charge in [0.05, 0.1) is 0 Å². The van der Waals surface area contributed by atoms with Gasteiger partial charge < -0.3 is 11.5 Å². The molecule has 11 heavy (non-hydrogen) atoms. The van der Waals surface area contributed by atoms with Crippen LogP contribution in [-0.4, -0.2) is 10.9 Å². The van der Waals surface area contributed by atoms with Crippen molar-refractivity contribution in [3.63, 3.8) is 0 Å². The van der Waals surface area contributed by atoms with Crippen molar-refractivity contribution >= 4 is 5.91 Å². The first-order valence-electron chi connectivity index (χ1n) is 3.19. The summed E-state index contributed by atoms with van der Waals surface area (Å²) in [7, 11) is 0. The summed E-state index contributed by atoms with van der Waals surface area (Å²) in [5.74, 6) is -0.520. The monoisotopic (exact) mass is 151 g/mol. The predicted molar refractivity (Wildman–Crippen MR) is 40.6 cm³/mol. The van der Waals surface area contributed by atoms with Crippen LogP contribution in [0.2, 0.25) is 0 Å². The lowest BCUT2D eigenvalue weighted by molar-refractivity contribution is 0.0995. The van der Waals surface area contributed by atoms with Gasteiger partial charge in [-0.25, -0.2) is 0 Å². The van der Waals surface area contributed by atoms with Gasteiger partial charge in [0.1, 0.15) is 5.69 Å². The lowest BCUT2D eigenvalue weighted by Gasteiger charge is -1.95. The molecule has 0 bridgehead atoms. The summed E-state index contributed by atoms with van der Waals surface area (Å²) < 4.78 is 0. The molecule has 4 N–H and O–H groups in total. The second kappa shape index (κ2) is 3.12. The molecule has 0 saturated heterocycles. The van der Waals surface area contributed by atoms with Crippen molar-refractivity contribution in [3.05, 3.63) is 29.6 Å². The van der Waals surface area contributed by atoms with Crippen LogP contribution in [-0.2, 0) is 6.54 Å². The Morgan fingerprint density at radius 2 is 2.27 bits per heavy atom. The highest BCUT2D eigenvalue weighted by atomic mass is 16.1. The van der Waals surface area contributed by atoms with Gasteiger partial charge in [-0.15, -0.1) is 0 Å². The first kappa shape index (κ1) is 7.68. The molecule has 0 aliphatic heterocycles. The van der Waals surface area contributed by atoms with Gasteiger partial charge in [0, 0.05) is 12.7 Å². The molecule has 0 spiro atoms. The fraction of sp³-hybridized carbons (Fsp3) is 0.143. The second-order valence-corrected chi connectivity index (χ2v) is 2.12. The third kappa shape index (κ3) is 1.75. The molecule has 0 atom stereocenters. The van der Waals surface area contributed by atoms with Crippen LogP contribution in [0.3, 0.4) is 0 Å². The molecule has 1 aromatic heterocycles. The molecule has 0 unspecified atom stereocenters. The zero-order valence-corrected chi connectivity index (χ0v) is 5.95. The van der Waals surface area contributed by atoms with Crippen LogP contribution in [0.1, 0.15) is 16.1 Å². The van der Waals surface area contributed by atoms with Crippen molar-refractivity contribution < 1.29 is 4.79 Å². The molecule has 0 aliphatic carbocycles. The average molecular weight is 151 g/mol. The van der Waals surface area contributed by atoms with Crippen LogP contribution in [0.25, 0.3) is 0 Å². The fourth-order valence-corrected chi connectivity index (χ4v) is 0.691. The highest BCUT2D eigenvalue weighted by molar-refractivity contribution is 5.90. The number of aromatic nitrogens is 1. The normalized spacial score (nSPS) is 9.55.